The molecule has 3 N–H and O–H groups in total. The lowest BCUT2D eigenvalue weighted by atomic mass is 10.1. The third kappa shape index (κ3) is 7.14. The number of amides is 1. The van der Waals surface area contributed by atoms with Gasteiger partial charge in [-0.25, -0.2) is 28.5 Å². The Labute approximate surface area is 190 Å². The van der Waals surface area contributed by atoms with Gasteiger partial charge in [0.2, 0.25) is 12.0 Å². The van der Waals surface area contributed by atoms with Gasteiger partial charge in [-0.1, -0.05) is 12.8 Å². The summed E-state index contributed by atoms with van der Waals surface area (Å²) in [5.41, 5.74) is 6.95. The number of aliphatic imine (C=N–C) groups is 2. The zero-order valence-electron chi connectivity index (χ0n) is 17.7. The van der Waals surface area contributed by atoms with Crippen LogP contribution in [-0.4, -0.2) is 40.3 Å². The van der Waals surface area contributed by atoms with Crippen molar-refractivity contribution in [2.75, 3.05) is 18.4 Å². The van der Waals surface area contributed by atoms with Crippen molar-refractivity contribution in [1.29, 1.82) is 0 Å². The van der Waals surface area contributed by atoms with Crippen LogP contribution in [0, 0.1) is 18.6 Å². The van der Waals surface area contributed by atoms with Crippen LogP contribution in [0.3, 0.4) is 0 Å². The summed E-state index contributed by atoms with van der Waals surface area (Å²) in [6.07, 6.45) is 3.76. The number of benzene rings is 1. The van der Waals surface area contributed by atoms with Crippen molar-refractivity contribution in [1.82, 2.24) is 9.29 Å². The topological polar surface area (TPSA) is 113 Å². The molecule has 0 fully saturated rings. The van der Waals surface area contributed by atoms with Crippen molar-refractivity contribution in [2.45, 2.75) is 32.7 Å². The predicted octanol–water partition coefficient (Wildman–Crippen LogP) is 3.56. The monoisotopic (exact) mass is 462 g/mol. The normalized spacial score (nSPS) is 12.1. The van der Waals surface area contributed by atoms with E-state index in [1.807, 2.05) is 0 Å². The largest absolute Gasteiger partial charge is 0.369 e. The highest BCUT2D eigenvalue weighted by molar-refractivity contribution is 7.78. The summed E-state index contributed by atoms with van der Waals surface area (Å²) >= 11 is 4.27. The average Bonchev–Trinajstić information content (AvgIpc) is 2.74. The molecule has 0 aliphatic carbocycles. The van der Waals surface area contributed by atoms with Gasteiger partial charge in [-0.3, -0.25) is 9.10 Å². The van der Waals surface area contributed by atoms with E-state index >= 15 is 0 Å². The third-order valence-corrected chi connectivity index (χ3v) is 4.91. The Balaban J connectivity index is 2.09. The second-order valence-corrected chi connectivity index (χ2v) is 7.46. The van der Waals surface area contributed by atoms with E-state index in [1.165, 1.54) is 34.7 Å². The zero-order valence-corrected chi connectivity index (χ0v) is 18.6. The average molecular weight is 463 g/mol. The number of aryl methyl sites for hydroxylation is 1. The molecule has 0 aliphatic heterocycles. The van der Waals surface area contributed by atoms with E-state index in [2.05, 4.69) is 33.1 Å². The van der Waals surface area contributed by atoms with Crippen molar-refractivity contribution in [3.8, 4) is 0 Å². The van der Waals surface area contributed by atoms with Crippen LogP contribution in [0.25, 0.3) is 0 Å². The summed E-state index contributed by atoms with van der Waals surface area (Å²) in [6.45, 7) is 4.06. The Bertz CT molecular complexity index is 1040. The Kier molecular flexibility index (Phi) is 9.30. The number of isocyanates is 1. The Hall–Kier alpha value is -3.30. The van der Waals surface area contributed by atoms with E-state index < -0.39 is 23.6 Å². The number of anilines is 1. The standard InChI is InChI=1S/C21H24F2N6O2S/c1-13-9-15(22)11-26-19(13)20(31)28-16-5-6-18(23)17(10-16)14(2)27-21(24)29(32)8-4-3-7-25-12-30/h5-6,9-11,14,32H,3-4,7-8H2,1-2H3,(H2,24,27)(H,28,31). The summed E-state index contributed by atoms with van der Waals surface area (Å²) in [7, 11) is 0. The number of unbranched alkanes of at least 4 members (excludes halogenated alkanes) is 1. The van der Waals surface area contributed by atoms with Gasteiger partial charge >= 0.3 is 0 Å². The molecule has 1 atom stereocenters. The fraction of sp³-hybridized carbons (Fsp3) is 0.333. The number of thiol groups is 1. The summed E-state index contributed by atoms with van der Waals surface area (Å²) < 4.78 is 29.1. The minimum Gasteiger partial charge on any atom is -0.369 e. The zero-order chi connectivity index (χ0) is 23.7. The van der Waals surface area contributed by atoms with Crippen LogP contribution in [0.4, 0.5) is 14.5 Å². The first-order valence-corrected chi connectivity index (χ1v) is 10.2. The number of halogens is 2. The highest BCUT2D eigenvalue weighted by Crippen LogP contribution is 2.25. The minimum atomic E-state index is -0.660. The molecule has 0 spiro atoms. The molecule has 0 saturated carbocycles. The second kappa shape index (κ2) is 11.9. The number of carbonyl (C=O) groups is 1. The molecule has 1 amide bonds. The van der Waals surface area contributed by atoms with Crippen LogP contribution in [0.5, 0.6) is 0 Å². The summed E-state index contributed by atoms with van der Waals surface area (Å²) in [5.74, 6) is -1.50. The predicted molar refractivity (Wildman–Crippen MR) is 121 cm³/mol. The molecule has 2 rings (SSSR count). The summed E-state index contributed by atoms with van der Waals surface area (Å²) in [4.78, 5) is 34.1. The van der Waals surface area contributed by atoms with E-state index in [0.717, 1.165) is 6.20 Å². The van der Waals surface area contributed by atoms with Gasteiger partial charge in [0.1, 0.15) is 17.3 Å². The number of nitrogens with zero attached hydrogens (tertiary/aromatic N) is 4. The lowest BCUT2D eigenvalue weighted by Gasteiger charge is -2.18. The Morgan fingerprint density at radius 3 is 2.78 bits per heavy atom. The maximum Gasteiger partial charge on any atom is 0.274 e. The molecule has 32 heavy (non-hydrogen) atoms. The number of rotatable bonds is 9. The molecule has 8 nitrogen and oxygen atoms in total. The molecule has 0 bridgehead atoms. The first-order valence-electron chi connectivity index (χ1n) is 9.79. The van der Waals surface area contributed by atoms with Crippen molar-refractivity contribution in [3.63, 3.8) is 0 Å². The fourth-order valence-electron chi connectivity index (χ4n) is 2.86. The molecule has 1 aromatic carbocycles. The summed E-state index contributed by atoms with van der Waals surface area (Å²) in [6, 6.07) is 4.61. The van der Waals surface area contributed by atoms with Crippen molar-refractivity contribution in [3.05, 3.63) is 58.9 Å². The highest BCUT2D eigenvalue weighted by Gasteiger charge is 2.16. The van der Waals surface area contributed by atoms with Crippen LogP contribution in [0.15, 0.2) is 40.4 Å². The highest BCUT2D eigenvalue weighted by atomic mass is 32.1. The number of aromatic nitrogens is 1. The molecule has 1 aromatic heterocycles. The van der Waals surface area contributed by atoms with Crippen LogP contribution in [0.2, 0.25) is 0 Å². The first kappa shape index (κ1) is 25.0. The van der Waals surface area contributed by atoms with E-state index in [4.69, 9.17) is 5.73 Å². The Morgan fingerprint density at radius 2 is 2.09 bits per heavy atom. The third-order valence-electron chi connectivity index (χ3n) is 4.51. The molecule has 1 unspecified atom stereocenters. The number of guanidine groups is 1. The lowest BCUT2D eigenvalue weighted by molar-refractivity contribution is 0.102. The molecule has 2 aromatic rings. The number of nitrogens with two attached hydrogens (primary N) is 1. The van der Waals surface area contributed by atoms with Gasteiger partial charge in [0.15, 0.2) is 0 Å². The first-order chi connectivity index (χ1) is 15.2. The molecule has 170 valence electrons. The SMILES string of the molecule is Cc1cc(F)cnc1C(=O)Nc1ccc(F)c(C(C)N=C(N)N(S)CCCCN=C=O)c1. The molecule has 0 saturated heterocycles. The number of nitrogens with one attached hydrogen (secondary N) is 1. The number of carbonyl (C=O) groups excluding carboxylic acids is 2. The maximum atomic E-state index is 14.4. The van der Waals surface area contributed by atoms with Gasteiger partial charge in [-0.2, -0.15) is 0 Å². The van der Waals surface area contributed by atoms with Crippen LogP contribution >= 0.6 is 12.8 Å². The number of pyridine rings is 1. The number of hydrogen-bond acceptors (Lipinski definition) is 6. The Morgan fingerprint density at radius 1 is 1.34 bits per heavy atom. The molecule has 0 aliphatic rings. The van der Waals surface area contributed by atoms with Gasteiger partial charge in [0.05, 0.1) is 18.8 Å². The van der Waals surface area contributed by atoms with Crippen LogP contribution in [-0.2, 0) is 4.79 Å². The molecule has 11 heteroatoms. The second-order valence-electron chi connectivity index (χ2n) is 6.98. The van der Waals surface area contributed by atoms with Gasteiger partial charge < -0.3 is 11.1 Å². The van der Waals surface area contributed by atoms with Gasteiger partial charge in [0, 0.05) is 17.8 Å². The molecule has 0 radical (unpaired) electrons. The van der Waals surface area contributed by atoms with Crippen molar-refractivity contribution < 1.29 is 18.4 Å². The van der Waals surface area contributed by atoms with Gasteiger partial charge in [-0.15, -0.1) is 0 Å². The van der Waals surface area contributed by atoms with Crippen molar-refractivity contribution >= 4 is 36.4 Å². The van der Waals surface area contributed by atoms with Gasteiger partial charge in [0.25, 0.3) is 5.91 Å². The van der Waals surface area contributed by atoms with E-state index in [1.54, 1.807) is 13.8 Å². The summed E-state index contributed by atoms with van der Waals surface area (Å²) in [5, 5.41) is 2.63. The lowest BCUT2D eigenvalue weighted by Crippen LogP contribution is -2.31. The quantitative estimate of drug-likeness (QED) is 0.173. The maximum absolute atomic E-state index is 14.4. The fourth-order valence-corrected chi connectivity index (χ4v) is 3.05. The van der Waals surface area contributed by atoms with Crippen molar-refractivity contribution in [2.24, 2.45) is 15.7 Å². The number of hydrogen-bond donors (Lipinski definition) is 3. The smallest absolute Gasteiger partial charge is 0.274 e. The molecular weight excluding hydrogens is 438 g/mol. The van der Waals surface area contributed by atoms with E-state index in [9.17, 15) is 18.4 Å². The van der Waals surface area contributed by atoms with Crippen LogP contribution < -0.4 is 11.1 Å². The van der Waals surface area contributed by atoms with E-state index in [0.29, 0.717) is 37.2 Å². The minimum absolute atomic E-state index is 0.0668. The van der Waals surface area contributed by atoms with Crippen LogP contribution in [0.1, 0.15) is 47.4 Å². The molecule has 1 heterocycles. The van der Waals surface area contributed by atoms with Gasteiger partial charge in [-0.05, 0) is 56.5 Å². The molecular formula is C21H24F2N6O2S. The van der Waals surface area contributed by atoms with E-state index in [-0.39, 0.29) is 17.2 Å².